The molecule has 0 aliphatic carbocycles. The fraction of sp³-hybridized carbons (Fsp3) is 0.300. The zero-order valence-electron chi connectivity index (χ0n) is 15.1. The molecule has 0 aromatic heterocycles. The van der Waals surface area contributed by atoms with Crippen molar-refractivity contribution in [2.24, 2.45) is 0 Å². The number of hydrogen-bond acceptors (Lipinski definition) is 5. The molecular formula is C20H21N3O4. The molecule has 140 valence electrons. The highest BCUT2D eigenvalue weighted by Gasteiger charge is 2.23. The van der Waals surface area contributed by atoms with Gasteiger partial charge in [0.1, 0.15) is 5.69 Å². The van der Waals surface area contributed by atoms with Crippen LogP contribution in [0, 0.1) is 10.1 Å². The second-order valence-electron chi connectivity index (χ2n) is 6.60. The van der Waals surface area contributed by atoms with Gasteiger partial charge in [0.05, 0.1) is 4.92 Å². The van der Waals surface area contributed by atoms with E-state index in [1.807, 2.05) is 4.90 Å². The minimum atomic E-state index is -0.442. The van der Waals surface area contributed by atoms with Gasteiger partial charge >= 0.3 is 0 Å². The van der Waals surface area contributed by atoms with Crippen LogP contribution in [-0.2, 0) is 0 Å². The number of piperidine rings is 1. The third kappa shape index (κ3) is 4.31. The Balaban J connectivity index is 1.81. The number of hydrogen-bond donors (Lipinski definition) is 1. The van der Waals surface area contributed by atoms with E-state index in [0.717, 1.165) is 32.4 Å². The van der Waals surface area contributed by atoms with Crippen molar-refractivity contribution < 1.29 is 14.5 Å². The maximum atomic E-state index is 12.5. The van der Waals surface area contributed by atoms with Crippen molar-refractivity contribution >= 4 is 28.8 Å². The van der Waals surface area contributed by atoms with E-state index in [-0.39, 0.29) is 17.0 Å². The zero-order chi connectivity index (χ0) is 19.4. The Hall–Kier alpha value is -3.22. The fourth-order valence-electron chi connectivity index (χ4n) is 3.20. The van der Waals surface area contributed by atoms with Crippen LogP contribution in [0.4, 0.5) is 17.1 Å². The van der Waals surface area contributed by atoms with Gasteiger partial charge in [0.25, 0.3) is 11.6 Å². The number of carbonyl (C=O) groups is 2. The summed E-state index contributed by atoms with van der Waals surface area (Å²) in [5.74, 6) is -0.490. The van der Waals surface area contributed by atoms with E-state index < -0.39 is 10.8 Å². The number of nitro benzene ring substituents is 1. The van der Waals surface area contributed by atoms with E-state index in [4.69, 9.17) is 0 Å². The third-order valence-corrected chi connectivity index (χ3v) is 4.68. The van der Waals surface area contributed by atoms with Crippen LogP contribution in [0.2, 0.25) is 0 Å². The molecule has 7 heteroatoms. The molecule has 1 N–H and O–H groups in total. The van der Waals surface area contributed by atoms with Crippen LogP contribution in [0.5, 0.6) is 0 Å². The molecule has 1 fully saturated rings. The summed E-state index contributed by atoms with van der Waals surface area (Å²) in [6.45, 7) is 3.04. The molecule has 0 bridgehead atoms. The number of nitro groups is 1. The average Bonchev–Trinajstić information content (AvgIpc) is 2.68. The van der Waals surface area contributed by atoms with E-state index in [0.29, 0.717) is 16.9 Å². The van der Waals surface area contributed by atoms with Gasteiger partial charge in [0.2, 0.25) is 0 Å². The van der Waals surface area contributed by atoms with Gasteiger partial charge in [-0.05, 0) is 62.6 Å². The molecule has 3 rings (SSSR count). The number of anilines is 2. The molecule has 1 amide bonds. The van der Waals surface area contributed by atoms with E-state index in [1.54, 1.807) is 36.4 Å². The summed E-state index contributed by atoms with van der Waals surface area (Å²) in [4.78, 5) is 36.9. The number of amides is 1. The van der Waals surface area contributed by atoms with Crippen molar-refractivity contribution in [2.45, 2.75) is 26.2 Å². The van der Waals surface area contributed by atoms with E-state index in [2.05, 4.69) is 5.32 Å². The molecule has 2 aromatic carbocycles. The van der Waals surface area contributed by atoms with Crippen molar-refractivity contribution in [3.8, 4) is 0 Å². The number of Topliss-reactive ketones (excluding diaryl/α,β-unsaturated/α-hetero) is 1. The normalized spacial score (nSPS) is 13.9. The third-order valence-electron chi connectivity index (χ3n) is 4.68. The summed E-state index contributed by atoms with van der Waals surface area (Å²) < 4.78 is 0. The molecule has 0 spiro atoms. The lowest BCUT2D eigenvalue weighted by molar-refractivity contribution is -0.384. The van der Waals surface area contributed by atoms with Gasteiger partial charge in [-0.3, -0.25) is 19.7 Å². The van der Waals surface area contributed by atoms with Crippen molar-refractivity contribution in [3.63, 3.8) is 0 Å². The molecule has 2 aromatic rings. The Kier molecular flexibility index (Phi) is 5.49. The highest BCUT2D eigenvalue weighted by molar-refractivity contribution is 6.05. The predicted molar refractivity (Wildman–Crippen MR) is 104 cm³/mol. The van der Waals surface area contributed by atoms with E-state index >= 15 is 0 Å². The van der Waals surface area contributed by atoms with Gasteiger partial charge in [-0.25, -0.2) is 0 Å². The number of nitrogens with one attached hydrogen (secondary N) is 1. The minimum absolute atomic E-state index is 0.0585. The van der Waals surface area contributed by atoms with E-state index in [1.165, 1.54) is 13.0 Å². The second kappa shape index (κ2) is 7.99. The lowest BCUT2D eigenvalue weighted by Gasteiger charge is -2.28. The molecule has 1 saturated heterocycles. The number of nitrogens with zero attached hydrogens (tertiary/aromatic N) is 2. The van der Waals surface area contributed by atoms with Crippen LogP contribution in [0.25, 0.3) is 0 Å². The van der Waals surface area contributed by atoms with Gasteiger partial charge < -0.3 is 10.2 Å². The molecule has 1 heterocycles. The Morgan fingerprint density at radius 3 is 2.22 bits per heavy atom. The molecule has 1 aliphatic rings. The van der Waals surface area contributed by atoms with Gasteiger partial charge in [-0.2, -0.15) is 0 Å². The lowest BCUT2D eigenvalue weighted by atomic mass is 10.1. The predicted octanol–water partition coefficient (Wildman–Crippen LogP) is 4.04. The second-order valence-corrected chi connectivity index (χ2v) is 6.60. The topological polar surface area (TPSA) is 92.6 Å². The minimum Gasteiger partial charge on any atom is -0.366 e. The quantitative estimate of drug-likeness (QED) is 0.489. The first-order valence-electron chi connectivity index (χ1n) is 8.91. The van der Waals surface area contributed by atoms with Crippen LogP contribution >= 0.6 is 0 Å². The summed E-state index contributed by atoms with van der Waals surface area (Å²) in [6, 6.07) is 11.1. The molecule has 1 aliphatic heterocycles. The van der Waals surface area contributed by atoms with Crippen LogP contribution in [-0.4, -0.2) is 29.7 Å². The Labute approximate surface area is 157 Å². The molecular weight excluding hydrogens is 346 g/mol. The summed E-state index contributed by atoms with van der Waals surface area (Å²) in [5.41, 5.74) is 1.79. The Morgan fingerprint density at radius 1 is 1.00 bits per heavy atom. The highest BCUT2D eigenvalue weighted by atomic mass is 16.6. The smallest absolute Gasteiger partial charge is 0.293 e. The maximum Gasteiger partial charge on any atom is 0.293 e. The molecule has 0 atom stereocenters. The highest BCUT2D eigenvalue weighted by Crippen LogP contribution is 2.31. The first kappa shape index (κ1) is 18.6. The number of carbonyl (C=O) groups excluding carboxylic acids is 2. The van der Waals surface area contributed by atoms with Crippen LogP contribution in [0.1, 0.15) is 46.9 Å². The summed E-state index contributed by atoms with van der Waals surface area (Å²) >= 11 is 0. The number of benzene rings is 2. The van der Waals surface area contributed by atoms with Gasteiger partial charge in [-0.1, -0.05) is 0 Å². The van der Waals surface area contributed by atoms with Crippen LogP contribution in [0.15, 0.2) is 42.5 Å². The molecule has 0 radical (unpaired) electrons. The molecule has 7 nitrogen and oxygen atoms in total. The largest absolute Gasteiger partial charge is 0.366 e. The zero-order valence-corrected chi connectivity index (χ0v) is 15.1. The van der Waals surface area contributed by atoms with Crippen molar-refractivity contribution in [2.75, 3.05) is 23.3 Å². The van der Waals surface area contributed by atoms with Gasteiger partial charge in [0, 0.05) is 36.0 Å². The SMILES string of the molecule is CC(=O)c1ccc(NC(=O)c2ccc(N3CCCCC3)c([N+](=O)[O-])c2)cc1. The molecule has 0 unspecified atom stereocenters. The van der Waals surface area contributed by atoms with E-state index in [9.17, 15) is 19.7 Å². The average molecular weight is 367 g/mol. The monoisotopic (exact) mass is 367 g/mol. The molecule has 0 saturated carbocycles. The summed E-state index contributed by atoms with van der Waals surface area (Å²) in [5, 5.41) is 14.2. The fourth-order valence-corrected chi connectivity index (χ4v) is 3.20. The summed E-state index contributed by atoms with van der Waals surface area (Å²) in [7, 11) is 0. The van der Waals surface area contributed by atoms with Crippen molar-refractivity contribution in [1.82, 2.24) is 0 Å². The van der Waals surface area contributed by atoms with Gasteiger partial charge in [-0.15, -0.1) is 0 Å². The Morgan fingerprint density at radius 2 is 1.63 bits per heavy atom. The lowest BCUT2D eigenvalue weighted by Crippen LogP contribution is -2.30. The number of ketones is 1. The van der Waals surface area contributed by atoms with Crippen molar-refractivity contribution in [1.29, 1.82) is 0 Å². The van der Waals surface area contributed by atoms with Crippen LogP contribution < -0.4 is 10.2 Å². The van der Waals surface area contributed by atoms with Crippen LogP contribution in [0.3, 0.4) is 0 Å². The Bertz CT molecular complexity index is 871. The standard InChI is InChI=1S/C20H21N3O4/c1-14(24)15-5-8-17(9-6-15)21-20(25)16-7-10-18(19(13-16)23(26)27)22-11-3-2-4-12-22/h5-10,13H,2-4,11-12H2,1H3,(H,21,25). The molecule has 27 heavy (non-hydrogen) atoms. The number of rotatable bonds is 5. The first-order chi connectivity index (χ1) is 13.0. The van der Waals surface area contributed by atoms with Crippen molar-refractivity contribution in [3.05, 3.63) is 63.7 Å². The maximum absolute atomic E-state index is 12.5. The van der Waals surface area contributed by atoms with Gasteiger partial charge in [0.15, 0.2) is 5.78 Å². The summed E-state index contributed by atoms with van der Waals surface area (Å²) in [6.07, 6.45) is 3.15. The first-order valence-corrected chi connectivity index (χ1v) is 8.91.